The van der Waals surface area contributed by atoms with Gasteiger partial charge in [0.15, 0.2) is 0 Å². The molecule has 1 aromatic heterocycles. The van der Waals surface area contributed by atoms with Crippen molar-refractivity contribution in [3.8, 4) is 11.3 Å². The van der Waals surface area contributed by atoms with Crippen LogP contribution in [0.15, 0.2) is 30.5 Å². The molecule has 0 N–H and O–H groups in total. The largest absolute Gasteiger partial charge is 0.252 e. The van der Waals surface area contributed by atoms with Gasteiger partial charge in [0, 0.05) is 12.1 Å². The molecule has 0 fully saturated rings. The average molecular weight is 303 g/mol. The zero-order chi connectivity index (χ0) is 15.6. The van der Waals surface area contributed by atoms with E-state index >= 15 is 0 Å². The van der Waals surface area contributed by atoms with E-state index < -0.39 is 0 Å². The third kappa shape index (κ3) is 5.58. The summed E-state index contributed by atoms with van der Waals surface area (Å²) in [5.41, 5.74) is 1.71. The highest BCUT2D eigenvalue weighted by molar-refractivity contribution is 5.57. The van der Waals surface area contributed by atoms with Crippen molar-refractivity contribution < 1.29 is 4.39 Å². The fraction of sp³-hybridized carbons (Fsp3) is 0.556. The molecule has 0 saturated heterocycles. The summed E-state index contributed by atoms with van der Waals surface area (Å²) < 4.78 is 14.8. The van der Waals surface area contributed by atoms with Crippen LogP contribution < -0.4 is 0 Å². The van der Waals surface area contributed by atoms with Gasteiger partial charge in [0.05, 0.1) is 6.20 Å². The quantitative estimate of drug-likeness (QED) is 0.563. The Labute approximate surface area is 132 Å². The van der Waals surface area contributed by atoms with Gasteiger partial charge in [0.25, 0.3) is 0 Å². The van der Waals surface area contributed by atoms with Crippen LogP contribution in [0.25, 0.3) is 11.3 Å². The molecule has 0 spiro atoms. The van der Waals surface area contributed by atoms with Gasteiger partial charge in [0.2, 0.25) is 0 Å². The number of hydrogen-bond acceptors (Lipinski definition) is 2. The van der Waals surface area contributed by atoms with Crippen LogP contribution in [0.3, 0.4) is 0 Å². The molecule has 0 amide bonds. The number of nitrogens with zero attached hydrogens (tertiary/aromatic N) is 3. The molecule has 0 unspecified atom stereocenters. The van der Waals surface area contributed by atoms with E-state index in [1.807, 2.05) is 10.9 Å². The second kappa shape index (κ2) is 9.34. The first-order valence-electron chi connectivity index (χ1n) is 8.45. The first-order valence-corrected chi connectivity index (χ1v) is 8.45. The maximum atomic E-state index is 12.9. The lowest BCUT2D eigenvalue weighted by Gasteiger charge is -2.01. The lowest BCUT2D eigenvalue weighted by atomic mass is 10.1. The molecule has 1 aromatic carbocycles. The second-order valence-corrected chi connectivity index (χ2v) is 5.85. The number of unbranched alkanes of at least 4 members (excludes halogenated alkanes) is 7. The van der Waals surface area contributed by atoms with Crippen molar-refractivity contribution in [2.24, 2.45) is 0 Å². The molecule has 120 valence electrons. The number of halogens is 1. The summed E-state index contributed by atoms with van der Waals surface area (Å²) >= 11 is 0. The lowest BCUT2D eigenvalue weighted by Crippen LogP contribution is -1.98. The number of hydrogen-bond donors (Lipinski definition) is 0. The minimum Gasteiger partial charge on any atom is -0.252 e. The van der Waals surface area contributed by atoms with Gasteiger partial charge in [-0.15, -0.1) is 5.10 Å². The zero-order valence-corrected chi connectivity index (χ0v) is 13.5. The SMILES string of the molecule is CCCCCCCCCCn1cc(-c2ccc(F)cc2)nn1. The summed E-state index contributed by atoms with van der Waals surface area (Å²) in [7, 11) is 0. The second-order valence-electron chi connectivity index (χ2n) is 5.85. The smallest absolute Gasteiger partial charge is 0.123 e. The van der Waals surface area contributed by atoms with Gasteiger partial charge < -0.3 is 0 Å². The Morgan fingerprint density at radius 1 is 0.909 bits per heavy atom. The van der Waals surface area contributed by atoms with E-state index in [2.05, 4.69) is 17.2 Å². The van der Waals surface area contributed by atoms with E-state index in [9.17, 15) is 4.39 Å². The van der Waals surface area contributed by atoms with Crippen molar-refractivity contribution >= 4 is 0 Å². The van der Waals surface area contributed by atoms with Crippen LogP contribution in [0.1, 0.15) is 58.3 Å². The molecule has 1 heterocycles. The Hall–Kier alpha value is -1.71. The number of rotatable bonds is 10. The standard InChI is InChI=1S/C18H26FN3/c1-2-3-4-5-6-7-8-9-14-22-15-18(20-21-22)16-10-12-17(19)13-11-16/h10-13,15H,2-9,14H2,1H3. The maximum Gasteiger partial charge on any atom is 0.123 e. The van der Waals surface area contributed by atoms with Gasteiger partial charge in [-0.3, -0.25) is 4.68 Å². The Balaban J connectivity index is 1.66. The summed E-state index contributed by atoms with van der Waals surface area (Å²) in [4.78, 5) is 0. The highest BCUT2D eigenvalue weighted by Crippen LogP contribution is 2.16. The molecule has 2 aromatic rings. The average Bonchev–Trinajstić information content (AvgIpc) is 2.99. The Morgan fingerprint density at radius 2 is 1.55 bits per heavy atom. The van der Waals surface area contributed by atoms with Crippen molar-refractivity contribution in [3.63, 3.8) is 0 Å². The van der Waals surface area contributed by atoms with Crippen LogP contribution in [0.5, 0.6) is 0 Å². The first-order chi connectivity index (χ1) is 10.8. The predicted molar refractivity (Wildman–Crippen MR) is 88.0 cm³/mol. The summed E-state index contributed by atoms with van der Waals surface area (Å²) in [6.07, 6.45) is 12.4. The maximum absolute atomic E-state index is 12.9. The van der Waals surface area contributed by atoms with Crippen molar-refractivity contribution in [1.82, 2.24) is 15.0 Å². The molecule has 0 saturated carbocycles. The molecule has 0 aliphatic carbocycles. The molecule has 0 atom stereocenters. The highest BCUT2D eigenvalue weighted by atomic mass is 19.1. The lowest BCUT2D eigenvalue weighted by molar-refractivity contribution is 0.511. The first kappa shape index (κ1) is 16.7. The van der Waals surface area contributed by atoms with Crippen LogP contribution in [0.2, 0.25) is 0 Å². The third-order valence-corrected chi connectivity index (χ3v) is 3.92. The van der Waals surface area contributed by atoms with Crippen molar-refractivity contribution in [3.05, 3.63) is 36.3 Å². The Kier molecular flexibility index (Phi) is 7.07. The van der Waals surface area contributed by atoms with Crippen LogP contribution in [-0.4, -0.2) is 15.0 Å². The minimum absolute atomic E-state index is 0.227. The Morgan fingerprint density at radius 3 is 2.23 bits per heavy atom. The van der Waals surface area contributed by atoms with Crippen LogP contribution >= 0.6 is 0 Å². The van der Waals surface area contributed by atoms with Gasteiger partial charge in [-0.05, 0) is 30.7 Å². The fourth-order valence-corrected chi connectivity index (χ4v) is 2.57. The van der Waals surface area contributed by atoms with E-state index in [-0.39, 0.29) is 5.82 Å². The topological polar surface area (TPSA) is 30.7 Å². The molecule has 2 rings (SSSR count). The third-order valence-electron chi connectivity index (χ3n) is 3.92. The van der Waals surface area contributed by atoms with Crippen LogP contribution in [-0.2, 0) is 6.54 Å². The van der Waals surface area contributed by atoms with Crippen LogP contribution in [0, 0.1) is 5.82 Å². The van der Waals surface area contributed by atoms with Gasteiger partial charge in [-0.25, -0.2) is 4.39 Å². The van der Waals surface area contributed by atoms with Gasteiger partial charge in [0.1, 0.15) is 11.5 Å². The van der Waals surface area contributed by atoms with Crippen molar-refractivity contribution in [2.75, 3.05) is 0 Å². The summed E-state index contributed by atoms with van der Waals surface area (Å²) in [5, 5.41) is 8.30. The van der Waals surface area contributed by atoms with E-state index in [4.69, 9.17) is 0 Å². The molecule has 22 heavy (non-hydrogen) atoms. The van der Waals surface area contributed by atoms with Gasteiger partial charge in [-0.2, -0.15) is 0 Å². The highest BCUT2D eigenvalue weighted by Gasteiger charge is 2.03. The molecule has 0 aliphatic heterocycles. The zero-order valence-electron chi connectivity index (χ0n) is 13.5. The van der Waals surface area contributed by atoms with Crippen molar-refractivity contribution in [2.45, 2.75) is 64.8 Å². The molecule has 0 aliphatic rings. The van der Waals surface area contributed by atoms with Crippen molar-refractivity contribution in [1.29, 1.82) is 0 Å². The monoisotopic (exact) mass is 303 g/mol. The summed E-state index contributed by atoms with van der Waals surface area (Å²) in [6.45, 7) is 3.15. The molecular formula is C18H26FN3. The predicted octanol–water partition coefficient (Wildman–Crippen LogP) is 5.22. The number of benzene rings is 1. The number of aryl methyl sites for hydroxylation is 1. The summed E-state index contributed by atoms with van der Waals surface area (Å²) in [6, 6.07) is 6.37. The van der Waals surface area contributed by atoms with Gasteiger partial charge in [-0.1, -0.05) is 57.1 Å². The van der Waals surface area contributed by atoms with Crippen LogP contribution in [0.4, 0.5) is 4.39 Å². The normalized spacial score (nSPS) is 11.0. The molecule has 0 bridgehead atoms. The fourth-order valence-electron chi connectivity index (χ4n) is 2.57. The molecular weight excluding hydrogens is 277 g/mol. The number of aromatic nitrogens is 3. The summed E-state index contributed by atoms with van der Waals surface area (Å²) in [5.74, 6) is -0.227. The van der Waals surface area contributed by atoms with E-state index in [1.165, 1.54) is 57.1 Å². The van der Waals surface area contributed by atoms with E-state index in [0.717, 1.165) is 24.2 Å². The van der Waals surface area contributed by atoms with E-state index in [1.54, 1.807) is 12.1 Å². The van der Waals surface area contributed by atoms with E-state index in [0.29, 0.717) is 0 Å². The minimum atomic E-state index is -0.227. The Bertz CT molecular complexity index is 534. The molecule has 4 heteroatoms. The molecule has 0 radical (unpaired) electrons. The molecule has 3 nitrogen and oxygen atoms in total. The van der Waals surface area contributed by atoms with Gasteiger partial charge >= 0.3 is 0 Å².